The summed E-state index contributed by atoms with van der Waals surface area (Å²) in [6, 6.07) is 0.843. The van der Waals surface area contributed by atoms with E-state index in [0.29, 0.717) is 0 Å². The van der Waals surface area contributed by atoms with Crippen molar-refractivity contribution >= 4 is 0 Å². The van der Waals surface area contributed by atoms with Crippen molar-refractivity contribution < 1.29 is 0 Å². The fourth-order valence-electron chi connectivity index (χ4n) is 4.50. The van der Waals surface area contributed by atoms with Crippen molar-refractivity contribution in [1.82, 2.24) is 5.32 Å². The molecular weight excluding hydrogens is 230 g/mol. The lowest BCUT2D eigenvalue weighted by Gasteiger charge is -2.18. The van der Waals surface area contributed by atoms with Crippen LogP contribution in [0.1, 0.15) is 84.0 Å². The Labute approximate surface area is 120 Å². The van der Waals surface area contributed by atoms with E-state index < -0.39 is 0 Å². The summed E-state index contributed by atoms with van der Waals surface area (Å²) in [5.74, 6) is 3.29. The third-order valence-electron chi connectivity index (χ3n) is 5.68. The number of unbranched alkanes of at least 4 members (excludes halogenated alkanes) is 7. The maximum Gasteiger partial charge on any atom is 0.00978 e. The molecule has 0 radical (unpaired) electrons. The highest BCUT2D eigenvalue weighted by atomic mass is 14.9. The Bertz CT molecular complexity index is 228. The molecule has 2 aliphatic rings. The van der Waals surface area contributed by atoms with Gasteiger partial charge in [-0.25, -0.2) is 0 Å². The molecule has 2 saturated carbocycles. The van der Waals surface area contributed by atoms with E-state index in [-0.39, 0.29) is 0 Å². The van der Waals surface area contributed by atoms with Crippen LogP contribution in [-0.2, 0) is 0 Å². The average molecular weight is 265 g/mol. The normalized spacial score (nSPS) is 30.3. The average Bonchev–Trinajstić information content (AvgIpc) is 2.90. The summed E-state index contributed by atoms with van der Waals surface area (Å²) in [7, 11) is 2.18. The molecular formula is C18H35N. The lowest BCUT2D eigenvalue weighted by Crippen LogP contribution is -2.29. The fraction of sp³-hybridized carbons (Fsp3) is 1.00. The van der Waals surface area contributed by atoms with Crippen LogP contribution in [0, 0.1) is 17.8 Å². The third-order valence-corrected chi connectivity index (χ3v) is 5.68. The number of hydrogen-bond acceptors (Lipinski definition) is 1. The molecule has 1 nitrogen and oxygen atoms in total. The Balaban J connectivity index is 1.46. The van der Waals surface area contributed by atoms with Crippen LogP contribution in [0.5, 0.6) is 0 Å². The summed E-state index contributed by atoms with van der Waals surface area (Å²) in [5.41, 5.74) is 0. The Kier molecular flexibility index (Phi) is 6.70. The molecule has 1 heteroatoms. The second-order valence-corrected chi connectivity index (χ2v) is 6.99. The summed E-state index contributed by atoms with van der Waals surface area (Å²) in [6.45, 7) is 2.30. The van der Waals surface area contributed by atoms with E-state index >= 15 is 0 Å². The summed E-state index contributed by atoms with van der Waals surface area (Å²) in [4.78, 5) is 0. The zero-order chi connectivity index (χ0) is 13.5. The van der Waals surface area contributed by atoms with E-state index in [1.807, 2.05) is 0 Å². The van der Waals surface area contributed by atoms with Crippen molar-refractivity contribution in [1.29, 1.82) is 0 Å². The molecule has 0 bridgehead atoms. The first kappa shape index (κ1) is 15.4. The summed E-state index contributed by atoms with van der Waals surface area (Å²) in [5, 5.41) is 3.61. The van der Waals surface area contributed by atoms with Crippen LogP contribution < -0.4 is 5.32 Å². The Morgan fingerprint density at radius 2 is 1.47 bits per heavy atom. The quantitative estimate of drug-likeness (QED) is 0.509. The van der Waals surface area contributed by atoms with Gasteiger partial charge in [-0.3, -0.25) is 0 Å². The molecule has 0 spiro atoms. The molecule has 0 aliphatic heterocycles. The van der Waals surface area contributed by atoms with E-state index in [9.17, 15) is 0 Å². The molecule has 0 heterocycles. The van der Waals surface area contributed by atoms with Crippen LogP contribution >= 0.6 is 0 Å². The molecule has 2 rings (SSSR count). The van der Waals surface area contributed by atoms with Crippen molar-refractivity contribution in [3.63, 3.8) is 0 Å². The van der Waals surface area contributed by atoms with Crippen molar-refractivity contribution in [3.05, 3.63) is 0 Å². The lowest BCUT2D eigenvalue weighted by molar-refractivity contribution is 0.392. The van der Waals surface area contributed by atoms with Gasteiger partial charge in [0.25, 0.3) is 0 Å². The van der Waals surface area contributed by atoms with Gasteiger partial charge in [-0.05, 0) is 44.1 Å². The first-order valence-corrected chi connectivity index (χ1v) is 9.05. The highest BCUT2D eigenvalue weighted by Gasteiger charge is 2.54. The zero-order valence-corrected chi connectivity index (χ0v) is 13.3. The van der Waals surface area contributed by atoms with E-state index in [4.69, 9.17) is 0 Å². The van der Waals surface area contributed by atoms with Gasteiger partial charge in [0.15, 0.2) is 0 Å². The van der Waals surface area contributed by atoms with E-state index in [1.165, 1.54) is 77.0 Å². The molecule has 0 aromatic carbocycles. The van der Waals surface area contributed by atoms with Crippen molar-refractivity contribution in [3.8, 4) is 0 Å². The van der Waals surface area contributed by atoms with E-state index in [0.717, 1.165) is 23.8 Å². The van der Waals surface area contributed by atoms with Gasteiger partial charge >= 0.3 is 0 Å². The second-order valence-electron chi connectivity index (χ2n) is 6.99. The third kappa shape index (κ3) is 4.48. The molecule has 3 unspecified atom stereocenters. The zero-order valence-electron chi connectivity index (χ0n) is 13.3. The molecule has 1 N–H and O–H groups in total. The van der Waals surface area contributed by atoms with Gasteiger partial charge in [0.2, 0.25) is 0 Å². The number of fused-ring (bicyclic) bond motifs is 1. The van der Waals surface area contributed by atoms with Crippen molar-refractivity contribution in [2.24, 2.45) is 17.8 Å². The minimum Gasteiger partial charge on any atom is -0.317 e. The SMILES string of the molecule is CCCCCCCCCCC(NC)C1C2CCCC21. The Hall–Kier alpha value is -0.0400. The number of hydrogen-bond donors (Lipinski definition) is 1. The van der Waals surface area contributed by atoms with Crippen LogP contribution in [0.2, 0.25) is 0 Å². The predicted molar refractivity (Wildman–Crippen MR) is 84.4 cm³/mol. The second kappa shape index (κ2) is 8.29. The van der Waals surface area contributed by atoms with Crippen LogP contribution in [0.4, 0.5) is 0 Å². The molecule has 2 aliphatic carbocycles. The van der Waals surface area contributed by atoms with Gasteiger partial charge in [-0.15, -0.1) is 0 Å². The van der Waals surface area contributed by atoms with Crippen LogP contribution in [0.25, 0.3) is 0 Å². The standard InChI is InChI=1S/C18H35N/c1-3-4-5-6-7-8-9-10-14-17(19-2)18-15-12-11-13-16(15)18/h15-19H,3-14H2,1-2H3. The van der Waals surface area contributed by atoms with Crippen LogP contribution in [0.15, 0.2) is 0 Å². The van der Waals surface area contributed by atoms with Gasteiger partial charge in [0.1, 0.15) is 0 Å². The first-order valence-electron chi connectivity index (χ1n) is 9.05. The summed E-state index contributed by atoms with van der Waals surface area (Å²) < 4.78 is 0. The van der Waals surface area contributed by atoms with E-state index in [2.05, 4.69) is 19.3 Å². The minimum absolute atomic E-state index is 0.843. The Morgan fingerprint density at radius 3 is 2.05 bits per heavy atom. The number of nitrogens with one attached hydrogen (secondary N) is 1. The van der Waals surface area contributed by atoms with Crippen molar-refractivity contribution in [2.45, 2.75) is 90.0 Å². The molecule has 0 aromatic heterocycles. The molecule has 3 atom stereocenters. The fourth-order valence-corrected chi connectivity index (χ4v) is 4.50. The smallest absolute Gasteiger partial charge is 0.00978 e. The lowest BCUT2D eigenvalue weighted by atomic mass is 9.98. The maximum atomic E-state index is 3.61. The highest BCUT2D eigenvalue weighted by Crippen LogP contribution is 2.59. The molecule has 112 valence electrons. The monoisotopic (exact) mass is 265 g/mol. The van der Waals surface area contributed by atoms with Crippen LogP contribution in [-0.4, -0.2) is 13.1 Å². The Morgan fingerprint density at radius 1 is 0.895 bits per heavy atom. The van der Waals surface area contributed by atoms with Crippen molar-refractivity contribution in [2.75, 3.05) is 7.05 Å². The molecule has 0 amide bonds. The van der Waals surface area contributed by atoms with Gasteiger partial charge in [0.05, 0.1) is 0 Å². The first-order chi connectivity index (χ1) is 9.38. The largest absolute Gasteiger partial charge is 0.317 e. The maximum absolute atomic E-state index is 3.61. The molecule has 19 heavy (non-hydrogen) atoms. The molecule has 0 aromatic rings. The van der Waals surface area contributed by atoms with Gasteiger partial charge < -0.3 is 5.32 Å². The van der Waals surface area contributed by atoms with E-state index in [1.54, 1.807) is 0 Å². The summed E-state index contributed by atoms with van der Waals surface area (Å²) >= 11 is 0. The highest BCUT2D eigenvalue weighted by molar-refractivity contribution is 5.05. The minimum atomic E-state index is 0.843. The van der Waals surface area contributed by atoms with Crippen LogP contribution in [0.3, 0.4) is 0 Å². The predicted octanol–water partition coefficient (Wildman–Crippen LogP) is 5.15. The van der Waals surface area contributed by atoms with Gasteiger partial charge in [0, 0.05) is 6.04 Å². The summed E-state index contributed by atoms with van der Waals surface area (Å²) in [6.07, 6.45) is 17.6. The topological polar surface area (TPSA) is 12.0 Å². The molecule has 0 saturated heterocycles. The van der Waals surface area contributed by atoms with Gasteiger partial charge in [-0.2, -0.15) is 0 Å². The van der Waals surface area contributed by atoms with Gasteiger partial charge in [-0.1, -0.05) is 64.7 Å². The molecule has 2 fully saturated rings. The number of rotatable bonds is 11.